The Kier molecular flexibility index (Phi) is 13.6. The van der Waals surface area contributed by atoms with Crippen molar-refractivity contribution in [2.45, 2.75) is 50.7 Å². The Hall–Kier alpha value is -3.61. The third-order valence-electron chi connectivity index (χ3n) is 6.87. The van der Waals surface area contributed by atoms with Gasteiger partial charge in [-0.25, -0.2) is 0 Å². The Balaban J connectivity index is 0.000000296. The molecule has 0 radical (unpaired) electrons. The van der Waals surface area contributed by atoms with Gasteiger partial charge in [-0.15, -0.1) is 0 Å². The molecule has 0 aliphatic heterocycles. The molecule has 2 aromatic carbocycles. The number of nitrogens with one attached hydrogen (secondary N) is 3. The van der Waals surface area contributed by atoms with Gasteiger partial charge in [0.25, 0.3) is 5.88 Å². The zero-order chi connectivity index (χ0) is 30.4. The number of amides is 2. The average Bonchev–Trinajstić information content (AvgIpc) is 2.95. The van der Waals surface area contributed by atoms with Gasteiger partial charge in [0.05, 0.1) is 17.5 Å². The van der Waals surface area contributed by atoms with E-state index in [2.05, 4.69) is 45.1 Å². The normalized spacial score (nSPS) is 18.0. The van der Waals surface area contributed by atoms with E-state index in [1.807, 2.05) is 18.2 Å². The number of quaternary nitrogens is 1. The number of hydrogen-bond donors (Lipinski definition) is 5. The van der Waals surface area contributed by atoms with Crippen molar-refractivity contribution >= 4 is 23.7 Å². The van der Waals surface area contributed by atoms with Crippen molar-refractivity contribution < 1.29 is 32.9 Å². The topological polar surface area (TPSA) is 125 Å². The van der Waals surface area contributed by atoms with Crippen molar-refractivity contribution in [2.24, 2.45) is 11.8 Å². The second-order valence-corrected chi connectivity index (χ2v) is 10.3. The highest BCUT2D eigenvalue weighted by Gasteiger charge is 2.31. The summed E-state index contributed by atoms with van der Waals surface area (Å²) in [6, 6.07) is 13.0. The predicted octanol–water partition coefficient (Wildman–Crippen LogP) is 3.59. The van der Waals surface area contributed by atoms with Gasteiger partial charge in [-0.05, 0) is 76.4 Å². The van der Waals surface area contributed by atoms with Crippen LogP contribution in [0.1, 0.15) is 49.7 Å². The van der Waals surface area contributed by atoms with Gasteiger partial charge in [-0.1, -0.05) is 30.3 Å². The fourth-order valence-electron chi connectivity index (χ4n) is 4.63. The number of rotatable bonds is 11. The van der Waals surface area contributed by atoms with E-state index in [1.54, 1.807) is 25.3 Å². The minimum atomic E-state index is -4.47. The first-order valence-corrected chi connectivity index (χ1v) is 13.5. The van der Waals surface area contributed by atoms with Crippen molar-refractivity contribution in [3.8, 4) is 0 Å². The number of benzene rings is 2. The van der Waals surface area contributed by atoms with Crippen molar-refractivity contribution in [3.05, 3.63) is 71.7 Å². The lowest BCUT2D eigenvalue weighted by atomic mass is 9.86. The summed E-state index contributed by atoms with van der Waals surface area (Å²) < 4.78 is 38.7. The molecule has 41 heavy (non-hydrogen) atoms. The molecular weight excluding hydrogens is 537 g/mol. The maximum absolute atomic E-state index is 12.9. The van der Waals surface area contributed by atoms with Crippen LogP contribution in [0.2, 0.25) is 0 Å². The first-order valence-electron chi connectivity index (χ1n) is 13.5. The highest BCUT2D eigenvalue weighted by Crippen LogP contribution is 2.33. The predicted molar refractivity (Wildman–Crippen MR) is 153 cm³/mol. The monoisotopic (exact) mass is 579 g/mol. The molecule has 1 aliphatic carbocycles. The molecule has 12 heteroatoms. The molecule has 2 amide bonds. The van der Waals surface area contributed by atoms with Gasteiger partial charge in [-0.3, -0.25) is 14.9 Å². The molecule has 7 N–H and O–H groups in total. The Bertz CT molecular complexity index is 1120. The maximum atomic E-state index is 12.9. The third-order valence-corrected chi connectivity index (χ3v) is 6.87. The summed E-state index contributed by atoms with van der Waals surface area (Å²) >= 11 is 0. The molecule has 1 aliphatic rings. The number of alkyl halides is 3. The van der Waals surface area contributed by atoms with Gasteiger partial charge in [0.2, 0.25) is 12.3 Å². The largest absolute Gasteiger partial charge is 0.416 e. The molecule has 0 bridgehead atoms. The molecule has 0 saturated heterocycles. The molecule has 1 fully saturated rings. The van der Waals surface area contributed by atoms with Crippen molar-refractivity contribution in [1.29, 1.82) is 0 Å². The number of anilines is 2. The van der Waals surface area contributed by atoms with Crippen LogP contribution in [-0.2, 0) is 20.6 Å². The lowest BCUT2D eigenvalue weighted by Crippen LogP contribution is -2.85. The fourth-order valence-corrected chi connectivity index (χ4v) is 4.63. The average molecular weight is 580 g/mol. The minimum absolute atomic E-state index is 0.108. The third kappa shape index (κ3) is 11.8. The quantitative estimate of drug-likeness (QED) is 0.157. The molecule has 0 unspecified atom stereocenters. The number of halogens is 3. The maximum Gasteiger partial charge on any atom is 0.416 e. The van der Waals surface area contributed by atoms with Crippen LogP contribution >= 0.6 is 0 Å². The number of hydrogen-bond acceptors (Lipinski definition) is 6. The first kappa shape index (κ1) is 33.6. The van der Waals surface area contributed by atoms with Crippen LogP contribution in [0.3, 0.4) is 0 Å². The van der Waals surface area contributed by atoms with Gasteiger partial charge in [0.15, 0.2) is 6.20 Å². The van der Waals surface area contributed by atoms with Gasteiger partial charge in [0.1, 0.15) is 0 Å². The zero-order valence-corrected chi connectivity index (χ0v) is 24.0. The van der Waals surface area contributed by atoms with Gasteiger partial charge < -0.3 is 25.7 Å². The van der Waals surface area contributed by atoms with Crippen LogP contribution in [-0.4, -0.2) is 50.9 Å². The Morgan fingerprint density at radius 2 is 1.76 bits per heavy atom. The van der Waals surface area contributed by atoms with Crippen molar-refractivity contribution in [1.82, 2.24) is 10.2 Å². The molecule has 226 valence electrons. The highest BCUT2D eigenvalue weighted by atomic mass is 19.4. The zero-order valence-electron chi connectivity index (χ0n) is 24.0. The Morgan fingerprint density at radius 1 is 1.12 bits per heavy atom. The molecule has 1 atom stereocenters. The van der Waals surface area contributed by atoms with Crippen LogP contribution in [0.25, 0.3) is 0 Å². The van der Waals surface area contributed by atoms with Gasteiger partial charge in [-0.2, -0.15) is 19.1 Å². The van der Waals surface area contributed by atoms with E-state index in [0.29, 0.717) is 18.3 Å². The number of nitrogens with two attached hydrogens (primary N) is 2. The molecular formula is C29H42F3N6O3+. The van der Waals surface area contributed by atoms with E-state index in [9.17, 15) is 22.8 Å². The summed E-state index contributed by atoms with van der Waals surface area (Å²) in [7, 11) is 5.77. The summed E-state index contributed by atoms with van der Waals surface area (Å²) in [6.45, 7) is 2.88. The second-order valence-electron chi connectivity index (χ2n) is 10.3. The Labute approximate surface area is 239 Å². The summed E-state index contributed by atoms with van der Waals surface area (Å²) in [6.07, 6.45) is 2.71. The standard InChI is InChI=1S/C17H17F3N2O.C12H24N4O2/c1-11(12-6-4-3-5-7-12)16(23)22-15-9-13(17(18,19)20)8-14(10-15)21-2;1-16(2)8-10-3-5-11(6-4-10)14-7-12(18-13)15-9-17/h3-11,21H,1-2H3,(H,22,23);7,9-11,14H,3-6,8,13H2,1-2H3,(H,15,17)/p+1/b;12-7-/t11-;/m1./s1. The number of carbonyl (C=O) groups excluding carboxylic acids is 2. The van der Waals surface area contributed by atoms with E-state index < -0.39 is 17.7 Å². The second kappa shape index (κ2) is 16.6. The number of nitrogens with zero attached hydrogens (tertiary/aromatic N) is 1. The van der Waals surface area contributed by atoms with Crippen LogP contribution in [0.4, 0.5) is 24.5 Å². The summed E-state index contributed by atoms with van der Waals surface area (Å²) in [4.78, 5) is 29.3. The van der Waals surface area contributed by atoms with Crippen molar-refractivity contribution in [2.75, 3.05) is 38.3 Å². The van der Waals surface area contributed by atoms with E-state index in [-0.39, 0.29) is 17.3 Å². The molecule has 0 spiro atoms. The fraction of sp³-hybridized carbons (Fsp3) is 0.448. The van der Waals surface area contributed by atoms with Crippen LogP contribution < -0.4 is 27.2 Å². The summed E-state index contributed by atoms with van der Waals surface area (Å²) in [5, 5.41) is 9.69. The lowest BCUT2D eigenvalue weighted by molar-refractivity contribution is -0.631. The molecule has 0 heterocycles. The van der Waals surface area contributed by atoms with Crippen LogP contribution in [0.5, 0.6) is 0 Å². The Morgan fingerprint density at radius 3 is 2.29 bits per heavy atom. The smallest absolute Gasteiger partial charge is 0.388 e. The molecule has 2 aromatic rings. The lowest BCUT2D eigenvalue weighted by Gasteiger charge is -2.28. The molecule has 0 aromatic heterocycles. The molecule has 1 saturated carbocycles. The van der Waals surface area contributed by atoms with Crippen LogP contribution in [0, 0.1) is 5.92 Å². The van der Waals surface area contributed by atoms with Gasteiger partial charge >= 0.3 is 6.18 Å². The van der Waals surface area contributed by atoms with Crippen LogP contribution in [0.15, 0.2) is 60.6 Å². The first-order chi connectivity index (χ1) is 19.5. The van der Waals surface area contributed by atoms with Gasteiger partial charge in [0, 0.05) is 25.0 Å². The highest BCUT2D eigenvalue weighted by molar-refractivity contribution is 5.96. The minimum Gasteiger partial charge on any atom is -0.388 e. The number of carbonyl (C=O) groups is 2. The van der Waals surface area contributed by atoms with E-state index in [1.165, 1.54) is 45.3 Å². The summed E-state index contributed by atoms with van der Waals surface area (Å²) in [5.41, 5.74) is 0.372. The van der Waals surface area contributed by atoms with E-state index in [4.69, 9.17) is 5.90 Å². The van der Waals surface area contributed by atoms with E-state index in [0.717, 1.165) is 23.6 Å². The van der Waals surface area contributed by atoms with Crippen molar-refractivity contribution in [3.63, 3.8) is 0 Å². The SMILES string of the molecule is CN(C)CC1CCC([NH2+]/C=C(/NC=O)ON)CC1.CNc1cc(NC(=O)[C@H](C)c2ccccc2)cc(C(F)(F)F)c1. The van der Waals surface area contributed by atoms with E-state index >= 15 is 0 Å². The molecule has 3 rings (SSSR count). The summed E-state index contributed by atoms with van der Waals surface area (Å²) in [5.74, 6) is 5.31. The molecule has 9 nitrogen and oxygen atoms in total.